The third-order valence-electron chi connectivity index (χ3n) is 3.42. The average Bonchev–Trinajstić information content (AvgIpc) is 2.65. The summed E-state index contributed by atoms with van der Waals surface area (Å²) in [4.78, 5) is 13.9. The molecule has 2 aliphatic rings. The lowest BCUT2D eigenvalue weighted by molar-refractivity contribution is -0.0709. The van der Waals surface area contributed by atoms with Crippen LogP contribution in [0.4, 0.5) is 0 Å². The number of ether oxygens (including phenoxy) is 1. The lowest BCUT2D eigenvalue weighted by Gasteiger charge is -2.33. The SMILES string of the molecule is O=C1c2ccccc2C2(O)CSCCOCCN12. The van der Waals surface area contributed by atoms with Gasteiger partial charge in [0, 0.05) is 29.2 Å². The Labute approximate surface area is 110 Å². The van der Waals surface area contributed by atoms with Gasteiger partial charge in [-0.15, -0.1) is 0 Å². The van der Waals surface area contributed by atoms with Crippen molar-refractivity contribution in [3.63, 3.8) is 0 Å². The van der Waals surface area contributed by atoms with Gasteiger partial charge in [0.2, 0.25) is 0 Å². The molecule has 2 aliphatic heterocycles. The van der Waals surface area contributed by atoms with Gasteiger partial charge < -0.3 is 14.7 Å². The number of fused-ring (bicyclic) bond motifs is 3. The lowest BCUT2D eigenvalue weighted by Crippen LogP contribution is -2.47. The van der Waals surface area contributed by atoms with Gasteiger partial charge in [0.15, 0.2) is 5.72 Å². The van der Waals surface area contributed by atoms with Crippen LogP contribution in [0.5, 0.6) is 0 Å². The average molecular weight is 265 g/mol. The van der Waals surface area contributed by atoms with E-state index in [1.54, 1.807) is 17.8 Å². The minimum absolute atomic E-state index is 0.0980. The number of hydrogen-bond donors (Lipinski definition) is 1. The van der Waals surface area contributed by atoms with E-state index in [1.807, 2.05) is 18.2 Å². The number of aliphatic hydroxyl groups is 1. The highest BCUT2D eigenvalue weighted by Crippen LogP contribution is 2.39. The second kappa shape index (κ2) is 4.57. The molecule has 4 nitrogen and oxygen atoms in total. The molecule has 1 N–H and O–H groups in total. The molecular weight excluding hydrogens is 250 g/mol. The summed E-state index contributed by atoms with van der Waals surface area (Å²) in [5, 5.41) is 10.9. The first-order chi connectivity index (χ1) is 8.73. The molecular formula is C13H15NO3S. The van der Waals surface area contributed by atoms with E-state index < -0.39 is 5.72 Å². The van der Waals surface area contributed by atoms with Crippen LogP contribution < -0.4 is 0 Å². The van der Waals surface area contributed by atoms with Gasteiger partial charge in [0.1, 0.15) is 0 Å². The zero-order chi connectivity index (χ0) is 12.6. The van der Waals surface area contributed by atoms with E-state index in [9.17, 15) is 9.90 Å². The normalized spacial score (nSPS) is 28.1. The molecule has 1 amide bonds. The van der Waals surface area contributed by atoms with E-state index >= 15 is 0 Å². The summed E-state index contributed by atoms with van der Waals surface area (Å²) in [6.07, 6.45) is 0. The number of benzene rings is 1. The fourth-order valence-corrected chi connectivity index (χ4v) is 3.49. The molecule has 2 heterocycles. The van der Waals surface area contributed by atoms with Crippen molar-refractivity contribution < 1.29 is 14.6 Å². The molecule has 0 aliphatic carbocycles. The fraction of sp³-hybridized carbons (Fsp3) is 0.462. The second-order valence-electron chi connectivity index (χ2n) is 4.48. The Kier molecular flexibility index (Phi) is 3.05. The van der Waals surface area contributed by atoms with Crippen LogP contribution in [-0.2, 0) is 10.5 Å². The van der Waals surface area contributed by atoms with Crippen LogP contribution in [0.1, 0.15) is 15.9 Å². The van der Waals surface area contributed by atoms with Crippen molar-refractivity contribution in [3.8, 4) is 0 Å². The predicted molar refractivity (Wildman–Crippen MR) is 69.5 cm³/mol. The van der Waals surface area contributed by atoms with E-state index in [1.165, 1.54) is 4.90 Å². The van der Waals surface area contributed by atoms with Gasteiger partial charge >= 0.3 is 0 Å². The van der Waals surface area contributed by atoms with Gasteiger partial charge in [0.25, 0.3) is 5.91 Å². The summed E-state index contributed by atoms with van der Waals surface area (Å²) < 4.78 is 5.43. The van der Waals surface area contributed by atoms with Crippen molar-refractivity contribution in [3.05, 3.63) is 35.4 Å². The molecule has 0 spiro atoms. The Bertz CT molecular complexity index is 479. The first-order valence-electron chi connectivity index (χ1n) is 6.03. The maximum absolute atomic E-state index is 12.3. The van der Waals surface area contributed by atoms with Crippen molar-refractivity contribution in [1.29, 1.82) is 0 Å². The molecule has 1 atom stereocenters. The first kappa shape index (κ1) is 12.0. The number of carbonyl (C=O) groups excluding carboxylic acids is 1. The van der Waals surface area contributed by atoms with E-state index in [0.717, 1.165) is 11.3 Å². The summed E-state index contributed by atoms with van der Waals surface area (Å²) in [5.74, 6) is 1.24. The molecule has 96 valence electrons. The Morgan fingerprint density at radius 1 is 1.33 bits per heavy atom. The van der Waals surface area contributed by atoms with Crippen LogP contribution in [0.3, 0.4) is 0 Å². The van der Waals surface area contributed by atoms with Gasteiger partial charge in [-0.25, -0.2) is 0 Å². The van der Waals surface area contributed by atoms with Gasteiger partial charge in [-0.3, -0.25) is 4.79 Å². The standard InChI is InChI=1S/C13H15NO3S/c15-12-10-3-1-2-4-11(10)13(16)9-18-8-7-17-6-5-14(12)13/h1-4,16H,5-9H2. The largest absolute Gasteiger partial charge is 0.379 e. The molecule has 0 bridgehead atoms. The lowest BCUT2D eigenvalue weighted by atomic mass is 10.0. The predicted octanol–water partition coefficient (Wildman–Crippen LogP) is 1.05. The van der Waals surface area contributed by atoms with Crippen molar-refractivity contribution in [2.75, 3.05) is 31.3 Å². The van der Waals surface area contributed by atoms with Gasteiger partial charge in [0.05, 0.1) is 13.2 Å². The molecule has 1 aromatic rings. The summed E-state index contributed by atoms with van der Waals surface area (Å²) >= 11 is 1.61. The quantitative estimate of drug-likeness (QED) is 0.762. The molecule has 3 rings (SSSR count). The van der Waals surface area contributed by atoms with Crippen molar-refractivity contribution >= 4 is 17.7 Å². The van der Waals surface area contributed by atoms with Gasteiger partial charge in [-0.05, 0) is 6.07 Å². The van der Waals surface area contributed by atoms with Crippen LogP contribution in [0.2, 0.25) is 0 Å². The third-order valence-corrected chi connectivity index (χ3v) is 4.48. The summed E-state index contributed by atoms with van der Waals surface area (Å²) in [7, 11) is 0. The number of amides is 1. The van der Waals surface area contributed by atoms with Crippen LogP contribution in [0, 0.1) is 0 Å². The topological polar surface area (TPSA) is 49.8 Å². The number of thioether (sulfide) groups is 1. The van der Waals surface area contributed by atoms with Crippen LogP contribution in [0.15, 0.2) is 24.3 Å². The van der Waals surface area contributed by atoms with E-state index in [2.05, 4.69) is 0 Å². The smallest absolute Gasteiger partial charge is 0.256 e. The van der Waals surface area contributed by atoms with Crippen molar-refractivity contribution in [2.45, 2.75) is 5.72 Å². The minimum Gasteiger partial charge on any atom is -0.379 e. The van der Waals surface area contributed by atoms with E-state index in [0.29, 0.717) is 31.1 Å². The highest BCUT2D eigenvalue weighted by molar-refractivity contribution is 7.99. The molecule has 18 heavy (non-hydrogen) atoms. The maximum Gasteiger partial charge on any atom is 0.256 e. The Morgan fingerprint density at radius 2 is 2.17 bits per heavy atom. The Balaban J connectivity index is 2.04. The molecule has 5 heteroatoms. The number of hydrogen-bond acceptors (Lipinski definition) is 4. The van der Waals surface area contributed by atoms with Gasteiger partial charge in [-0.1, -0.05) is 18.2 Å². The van der Waals surface area contributed by atoms with Gasteiger partial charge in [-0.2, -0.15) is 11.8 Å². The monoisotopic (exact) mass is 265 g/mol. The summed E-state index contributed by atoms with van der Waals surface area (Å²) in [5.41, 5.74) is 0.164. The second-order valence-corrected chi connectivity index (χ2v) is 5.59. The third kappa shape index (κ3) is 1.74. The Hall–Kier alpha value is -1.04. The number of nitrogens with zero attached hydrogens (tertiary/aromatic N) is 1. The van der Waals surface area contributed by atoms with Crippen LogP contribution in [0.25, 0.3) is 0 Å². The molecule has 1 saturated heterocycles. The zero-order valence-corrected chi connectivity index (χ0v) is 10.8. The number of rotatable bonds is 0. The maximum atomic E-state index is 12.3. The zero-order valence-electron chi connectivity index (χ0n) is 9.96. The highest BCUT2D eigenvalue weighted by atomic mass is 32.2. The molecule has 0 radical (unpaired) electrons. The molecule has 0 saturated carbocycles. The van der Waals surface area contributed by atoms with Crippen molar-refractivity contribution in [2.24, 2.45) is 0 Å². The number of carbonyl (C=O) groups is 1. The molecule has 0 aromatic heterocycles. The minimum atomic E-state index is -1.17. The summed E-state index contributed by atoms with van der Waals surface area (Å²) in [6, 6.07) is 7.31. The van der Waals surface area contributed by atoms with E-state index in [-0.39, 0.29) is 5.91 Å². The summed E-state index contributed by atoms with van der Waals surface area (Å²) in [6.45, 7) is 1.58. The molecule has 1 unspecified atom stereocenters. The van der Waals surface area contributed by atoms with Crippen LogP contribution >= 0.6 is 11.8 Å². The molecule has 1 fully saturated rings. The Morgan fingerprint density at radius 3 is 3.06 bits per heavy atom. The van der Waals surface area contributed by atoms with E-state index in [4.69, 9.17) is 4.74 Å². The first-order valence-corrected chi connectivity index (χ1v) is 7.18. The van der Waals surface area contributed by atoms with Crippen molar-refractivity contribution in [1.82, 2.24) is 4.90 Å². The molecule has 1 aromatic carbocycles. The van der Waals surface area contributed by atoms with Crippen LogP contribution in [-0.4, -0.2) is 47.2 Å². The highest BCUT2D eigenvalue weighted by Gasteiger charge is 2.48. The fourth-order valence-electron chi connectivity index (χ4n) is 2.51.